The topological polar surface area (TPSA) is 103 Å². The smallest absolute Gasteiger partial charge is 0.274 e. The molecule has 3 aliphatic heterocycles. The third-order valence-electron chi connectivity index (χ3n) is 7.06. The SMILES string of the molecule is COCCN1CCC[C@H](n2nc(C(=O)N3CCOCC3)c3c2-c2ccc(OC)cc2S(=O)(=O)C3)C1. The van der Waals surface area contributed by atoms with Crippen LogP contribution in [0.3, 0.4) is 0 Å². The number of benzene rings is 1. The number of rotatable bonds is 6. The van der Waals surface area contributed by atoms with Crippen molar-refractivity contribution in [3.8, 4) is 17.0 Å². The van der Waals surface area contributed by atoms with Crippen molar-refractivity contribution >= 4 is 15.7 Å². The van der Waals surface area contributed by atoms with E-state index in [9.17, 15) is 13.2 Å². The van der Waals surface area contributed by atoms with Crippen LogP contribution in [0.4, 0.5) is 0 Å². The number of sulfone groups is 1. The van der Waals surface area contributed by atoms with E-state index >= 15 is 0 Å². The highest BCUT2D eigenvalue weighted by atomic mass is 32.2. The van der Waals surface area contributed by atoms with Crippen molar-refractivity contribution in [1.82, 2.24) is 19.6 Å². The second-order valence-electron chi connectivity index (χ2n) is 9.24. The molecule has 0 bridgehead atoms. The van der Waals surface area contributed by atoms with Gasteiger partial charge in [0.25, 0.3) is 5.91 Å². The number of piperidine rings is 1. The van der Waals surface area contributed by atoms with Crippen LogP contribution in [-0.4, -0.2) is 101 Å². The lowest BCUT2D eigenvalue weighted by molar-refractivity contribution is 0.0297. The Hall–Kier alpha value is -2.47. The maximum absolute atomic E-state index is 13.5. The summed E-state index contributed by atoms with van der Waals surface area (Å²) in [6, 6.07) is 5.13. The van der Waals surface area contributed by atoms with E-state index in [1.165, 1.54) is 7.11 Å². The molecule has 0 saturated carbocycles. The van der Waals surface area contributed by atoms with Crippen LogP contribution in [0.15, 0.2) is 23.1 Å². The van der Waals surface area contributed by atoms with Gasteiger partial charge in [-0.25, -0.2) is 8.42 Å². The number of hydrogen-bond acceptors (Lipinski definition) is 8. The minimum atomic E-state index is -3.67. The largest absolute Gasteiger partial charge is 0.497 e. The number of aromatic nitrogens is 2. The summed E-state index contributed by atoms with van der Waals surface area (Å²) >= 11 is 0. The number of ether oxygens (including phenoxy) is 3. The highest BCUT2D eigenvalue weighted by molar-refractivity contribution is 7.90. The molecule has 10 nitrogen and oxygen atoms in total. The Bertz CT molecular complexity index is 1200. The Morgan fingerprint density at radius 2 is 2.00 bits per heavy atom. The Kier molecular flexibility index (Phi) is 6.84. The van der Waals surface area contributed by atoms with Crippen molar-refractivity contribution in [2.24, 2.45) is 0 Å². The van der Waals surface area contributed by atoms with Crippen LogP contribution in [0, 0.1) is 0 Å². The quantitative estimate of drug-likeness (QED) is 0.585. The molecule has 190 valence electrons. The molecular formula is C24H32N4O6S. The summed E-state index contributed by atoms with van der Waals surface area (Å²) in [7, 11) is -0.459. The zero-order valence-corrected chi connectivity index (χ0v) is 21.1. The maximum atomic E-state index is 13.5. The van der Waals surface area contributed by atoms with Crippen LogP contribution in [0.2, 0.25) is 0 Å². The van der Waals surface area contributed by atoms with Gasteiger partial charge in [-0.1, -0.05) is 0 Å². The summed E-state index contributed by atoms with van der Waals surface area (Å²) in [5.74, 6) is -0.00836. The second kappa shape index (κ2) is 9.88. The average molecular weight is 505 g/mol. The first-order valence-corrected chi connectivity index (χ1v) is 13.7. The molecule has 1 atom stereocenters. The van der Waals surface area contributed by atoms with Gasteiger partial charge >= 0.3 is 0 Å². The fourth-order valence-corrected chi connectivity index (χ4v) is 6.85. The van der Waals surface area contributed by atoms with Gasteiger partial charge in [-0.2, -0.15) is 5.10 Å². The molecule has 3 aliphatic rings. The lowest BCUT2D eigenvalue weighted by Gasteiger charge is -2.34. The number of amides is 1. The van der Waals surface area contributed by atoms with Crippen molar-refractivity contribution < 1.29 is 27.4 Å². The van der Waals surface area contributed by atoms with E-state index in [1.807, 2.05) is 4.68 Å². The van der Waals surface area contributed by atoms with Gasteiger partial charge in [0.05, 0.1) is 49.3 Å². The van der Waals surface area contributed by atoms with Crippen LogP contribution >= 0.6 is 0 Å². The first kappa shape index (κ1) is 24.2. The Balaban J connectivity index is 1.62. The number of nitrogens with zero attached hydrogens (tertiary/aromatic N) is 4. The molecule has 2 fully saturated rings. The molecule has 1 aromatic carbocycles. The molecule has 0 radical (unpaired) electrons. The van der Waals surface area contributed by atoms with Crippen molar-refractivity contribution in [2.75, 3.05) is 66.8 Å². The first-order valence-electron chi connectivity index (χ1n) is 12.0. The van der Waals surface area contributed by atoms with Crippen LogP contribution in [0.1, 0.15) is 34.9 Å². The molecule has 1 amide bonds. The number of likely N-dealkylation sites (tertiary alicyclic amines) is 1. The van der Waals surface area contributed by atoms with Crippen LogP contribution in [0.5, 0.6) is 5.75 Å². The van der Waals surface area contributed by atoms with Gasteiger partial charge in [-0.15, -0.1) is 0 Å². The van der Waals surface area contributed by atoms with Crippen molar-refractivity contribution in [3.05, 3.63) is 29.5 Å². The summed E-state index contributed by atoms with van der Waals surface area (Å²) in [4.78, 5) is 17.8. The van der Waals surface area contributed by atoms with E-state index in [2.05, 4.69) is 4.90 Å². The van der Waals surface area contributed by atoms with E-state index in [4.69, 9.17) is 19.3 Å². The minimum absolute atomic E-state index is 0.0244. The second-order valence-corrected chi connectivity index (χ2v) is 11.2. The summed E-state index contributed by atoms with van der Waals surface area (Å²) < 4.78 is 44.6. The van der Waals surface area contributed by atoms with Gasteiger partial charge in [-0.05, 0) is 37.6 Å². The predicted molar refractivity (Wildman–Crippen MR) is 128 cm³/mol. The lowest BCUT2D eigenvalue weighted by Crippen LogP contribution is -2.41. The number of hydrogen-bond donors (Lipinski definition) is 0. The zero-order chi connectivity index (χ0) is 24.6. The van der Waals surface area contributed by atoms with Gasteiger partial charge in [0.15, 0.2) is 15.5 Å². The van der Waals surface area contributed by atoms with Crippen molar-refractivity contribution in [1.29, 1.82) is 0 Å². The first-order chi connectivity index (χ1) is 16.9. The molecule has 0 aliphatic carbocycles. The van der Waals surface area contributed by atoms with Gasteiger partial charge in [0.1, 0.15) is 5.75 Å². The minimum Gasteiger partial charge on any atom is -0.497 e. The van der Waals surface area contributed by atoms with E-state index in [-0.39, 0.29) is 28.3 Å². The molecule has 0 N–H and O–H groups in total. The van der Waals surface area contributed by atoms with E-state index in [0.29, 0.717) is 49.8 Å². The monoisotopic (exact) mass is 504 g/mol. The fourth-order valence-electron chi connectivity index (χ4n) is 5.25. The summed E-state index contributed by atoms with van der Waals surface area (Å²) in [5.41, 5.74) is 2.04. The van der Waals surface area contributed by atoms with E-state index in [0.717, 1.165) is 38.2 Å². The number of carbonyl (C=O) groups excluding carboxylic acids is 1. The molecule has 0 spiro atoms. The highest BCUT2D eigenvalue weighted by Gasteiger charge is 2.39. The summed E-state index contributed by atoms with van der Waals surface area (Å²) in [6.07, 6.45) is 1.89. The molecule has 0 unspecified atom stereocenters. The van der Waals surface area contributed by atoms with Crippen molar-refractivity contribution in [3.63, 3.8) is 0 Å². The molecule has 2 aromatic rings. The van der Waals surface area contributed by atoms with Crippen molar-refractivity contribution in [2.45, 2.75) is 29.5 Å². The predicted octanol–water partition coefficient (Wildman–Crippen LogP) is 1.60. The highest BCUT2D eigenvalue weighted by Crippen LogP contribution is 2.43. The molecule has 35 heavy (non-hydrogen) atoms. The van der Waals surface area contributed by atoms with Gasteiger partial charge in [-0.3, -0.25) is 14.4 Å². The van der Waals surface area contributed by atoms with Gasteiger partial charge < -0.3 is 19.1 Å². The molecule has 5 rings (SSSR count). The third kappa shape index (κ3) is 4.57. The van der Waals surface area contributed by atoms with Crippen LogP contribution in [-0.2, 0) is 25.1 Å². The maximum Gasteiger partial charge on any atom is 0.274 e. The number of methoxy groups -OCH3 is 2. The number of morpholine rings is 1. The lowest BCUT2D eigenvalue weighted by atomic mass is 10.0. The molecule has 2 saturated heterocycles. The standard InChI is InChI=1S/C24H32N4O6S/c1-32-11-8-26-7-3-4-17(15-26)28-23-19-6-5-18(33-2)14-21(19)35(30,31)16-20(23)22(25-28)24(29)27-9-12-34-13-10-27/h5-6,14,17H,3-4,7-13,15-16H2,1-2H3/t17-/m0/s1. The third-order valence-corrected chi connectivity index (χ3v) is 8.74. The Morgan fingerprint density at radius 3 is 2.74 bits per heavy atom. The molecule has 1 aromatic heterocycles. The summed E-state index contributed by atoms with van der Waals surface area (Å²) in [6.45, 7) is 5.07. The Labute approximate surface area is 205 Å². The molecular weight excluding hydrogens is 472 g/mol. The summed E-state index contributed by atoms with van der Waals surface area (Å²) in [5, 5.41) is 4.84. The normalized spacial score (nSPS) is 21.9. The average Bonchev–Trinajstić information content (AvgIpc) is 3.26. The number of carbonyl (C=O) groups is 1. The molecule has 4 heterocycles. The van der Waals surface area contributed by atoms with E-state index in [1.54, 1.807) is 30.2 Å². The van der Waals surface area contributed by atoms with Crippen LogP contribution in [0.25, 0.3) is 11.3 Å². The van der Waals surface area contributed by atoms with Crippen LogP contribution < -0.4 is 4.74 Å². The van der Waals surface area contributed by atoms with Gasteiger partial charge in [0.2, 0.25) is 0 Å². The fraction of sp³-hybridized carbons (Fsp3) is 0.583. The van der Waals surface area contributed by atoms with Gasteiger partial charge in [0, 0.05) is 44.4 Å². The zero-order valence-electron chi connectivity index (χ0n) is 20.2. The number of fused-ring (bicyclic) bond motifs is 3. The molecule has 11 heteroatoms. The Morgan fingerprint density at radius 1 is 1.20 bits per heavy atom. The van der Waals surface area contributed by atoms with E-state index < -0.39 is 9.84 Å².